The summed E-state index contributed by atoms with van der Waals surface area (Å²) in [5.74, 6) is 0.668. The van der Waals surface area contributed by atoms with Crippen LogP contribution in [0.5, 0.6) is 0 Å². The molecule has 0 aliphatic rings. The van der Waals surface area contributed by atoms with E-state index in [2.05, 4.69) is 39.6 Å². The molecule has 0 saturated carbocycles. The number of unbranched alkanes of at least 4 members (excludes halogenated alkanes) is 10. The minimum atomic E-state index is 0.642. The smallest absolute Gasteiger partial charge is 0.00103 e. The maximum absolute atomic E-state index is 4.15. The molecule has 1 nitrogen and oxygen atoms in total. The number of hydrogen-bond acceptors (Lipinski definition) is 1. The summed E-state index contributed by atoms with van der Waals surface area (Å²) in [6.07, 6.45) is 16.8. The summed E-state index contributed by atoms with van der Waals surface area (Å²) in [6, 6.07) is 0.642. The quantitative estimate of drug-likeness (QED) is 0.242. The number of allylic oxidation sites excluding steroid dienone is 1. The summed E-state index contributed by atoms with van der Waals surface area (Å²) in [5.41, 5.74) is 1.43. The van der Waals surface area contributed by atoms with Gasteiger partial charge in [0, 0.05) is 6.04 Å². The molecule has 0 aliphatic carbocycles. The molecular weight excluding hydrogens is 266 g/mol. The molecule has 0 amide bonds. The van der Waals surface area contributed by atoms with Crippen LogP contribution in [0, 0.1) is 5.92 Å². The molecule has 22 heavy (non-hydrogen) atoms. The van der Waals surface area contributed by atoms with E-state index in [1.807, 2.05) is 0 Å². The van der Waals surface area contributed by atoms with E-state index >= 15 is 0 Å². The van der Waals surface area contributed by atoms with Gasteiger partial charge in [-0.25, -0.2) is 0 Å². The van der Waals surface area contributed by atoms with Crippen LogP contribution in [0.2, 0.25) is 0 Å². The monoisotopic (exact) mass is 309 g/mol. The van der Waals surface area contributed by atoms with E-state index in [4.69, 9.17) is 0 Å². The van der Waals surface area contributed by atoms with Crippen molar-refractivity contribution in [2.24, 2.45) is 5.92 Å². The van der Waals surface area contributed by atoms with Crippen molar-refractivity contribution in [1.29, 1.82) is 0 Å². The van der Waals surface area contributed by atoms with Gasteiger partial charge in [0.15, 0.2) is 0 Å². The first-order chi connectivity index (χ1) is 10.5. The third-order valence-corrected chi connectivity index (χ3v) is 4.54. The summed E-state index contributed by atoms with van der Waals surface area (Å²) < 4.78 is 0. The average Bonchev–Trinajstić information content (AvgIpc) is 2.46. The second kappa shape index (κ2) is 15.6. The molecule has 0 unspecified atom stereocenters. The van der Waals surface area contributed by atoms with Crippen molar-refractivity contribution in [1.82, 2.24) is 5.32 Å². The minimum Gasteiger partial charge on any atom is -0.315 e. The molecule has 132 valence electrons. The Bertz CT molecular complexity index is 242. The fraction of sp³-hybridized carbons (Fsp3) is 0.905. The molecule has 0 aromatic rings. The summed E-state index contributed by atoms with van der Waals surface area (Å²) >= 11 is 0. The highest BCUT2D eigenvalue weighted by Crippen LogP contribution is 2.17. The number of rotatable bonds is 16. The first-order valence-corrected chi connectivity index (χ1v) is 9.95. The minimum absolute atomic E-state index is 0.642. The SMILES string of the molecule is C=C(CCCCCCCCCCCCCNC(C)C)C(C)C. The molecule has 0 aromatic carbocycles. The van der Waals surface area contributed by atoms with Crippen molar-refractivity contribution in [3.63, 3.8) is 0 Å². The molecule has 1 N–H and O–H groups in total. The summed E-state index contributed by atoms with van der Waals surface area (Å²) in [6.45, 7) is 14.3. The maximum atomic E-state index is 4.15. The van der Waals surface area contributed by atoms with Crippen molar-refractivity contribution in [3.05, 3.63) is 12.2 Å². The molecule has 1 heteroatoms. The van der Waals surface area contributed by atoms with Crippen LogP contribution in [0.1, 0.15) is 105 Å². The Morgan fingerprint density at radius 1 is 0.682 bits per heavy atom. The van der Waals surface area contributed by atoms with Crippen LogP contribution < -0.4 is 5.32 Å². The molecule has 0 rings (SSSR count). The summed E-state index contributed by atoms with van der Waals surface area (Å²) in [5, 5.41) is 3.49. The standard InChI is InChI=1S/C21H43N/c1-19(2)21(5)17-15-13-11-9-7-6-8-10-12-14-16-18-22-20(3)4/h19-20,22H,5-18H2,1-4H3. The predicted molar refractivity (Wildman–Crippen MR) is 103 cm³/mol. The van der Waals surface area contributed by atoms with Crippen molar-refractivity contribution in [3.8, 4) is 0 Å². The lowest BCUT2D eigenvalue weighted by Crippen LogP contribution is -2.23. The third-order valence-electron chi connectivity index (χ3n) is 4.54. The zero-order chi connectivity index (χ0) is 16.6. The molecule has 0 saturated heterocycles. The van der Waals surface area contributed by atoms with Gasteiger partial charge in [-0.2, -0.15) is 0 Å². The molecule has 0 aromatic heterocycles. The van der Waals surface area contributed by atoms with E-state index in [1.54, 1.807) is 0 Å². The third kappa shape index (κ3) is 16.1. The first kappa shape index (κ1) is 21.7. The van der Waals surface area contributed by atoms with Gasteiger partial charge in [0.1, 0.15) is 0 Å². The molecule has 0 atom stereocenters. The van der Waals surface area contributed by atoms with Gasteiger partial charge in [0.05, 0.1) is 0 Å². The van der Waals surface area contributed by atoms with E-state index in [0.717, 1.165) is 0 Å². The van der Waals surface area contributed by atoms with Crippen LogP contribution in [-0.4, -0.2) is 12.6 Å². The van der Waals surface area contributed by atoms with E-state index in [1.165, 1.54) is 89.2 Å². The van der Waals surface area contributed by atoms with Gasteiger partial charge in [-0.05, 0) is 31.7 Å². The molecule has 0 spiro atoms. The molecule has 0 aliphatic heterocycles. The van der Waals surface area contributed by atoms with Crippen LogP contribution in [0.3, 0.4) is 0 Å². The van der Waals surface area contributed by atoms with Crippen LogP contribution in [0.25, 0.3) is 0 Å². The zero-order valence-electron chi connectivity index (χ0n) is 16.1. The van der Waals surface area contributed by atoms with Crippen molar-refractivity contribution >= 4 is 0 Å². The maximum Gasteiger partial charge on any atom is 0.00103 e. The molecular formula is C21H43N. The Hall–Kier alpha value is -0.300. The molecule has 0 fully saturated rings. The predicted octanol–water partition coefficient (Wildman–Crippen LogP) is 6.88. The fourth-order valence-corrected chi connectivity index (χ4v) is 2.75. The zero-order valence-corrected chi connectivity index (χ0v) is 16.1. The van der Waals surface area contributed by atoms with Gasteiger partial charge in [-0.15, -0.1) is 0 Å². The number of hydrogen-bond donors (Lipinski definition) is 1. The Balaban J connectivity index is 3.07. The number of nitrogens with one attached hydrogen (secondary N) is 1. The molecule has 0 radical (unpaired) electrons. The lowest BCUT2D eigenvalue weighted by molar-refractivity contribution is 0.520. The van der Waals surface area contributed by atoms with Crippen molar-refractivity contribution in [2.45, 2.75) is 111 Å². The Kier molecular flexibility index (Phi) is 15.4. The van der Waals surface area contributed by atoms with E-state index in [9.17, 15) is 0 Å². The fourth-order valence-electron chi connectivity index (χ4n) is 2.75. The average molecular weight is 310 g/mol. The topological polar surface area (TPSA) is 12.0 Å². The highest BCUT2D eigenvalue weighted by molar-refractivity contribution is 4.96. The van der Waals surface area contributed by atoms with Crippen molar-refractivity contribution < 1.29 is 0 Å². The van der Waals surface area contributed by atoms with Crippen LogP contribution in [0.15, 0.2) is 12.2 Å². The Morgan fingerprint density at radius 2 is 1.09 bits per heavy atom. The lowest BCUT2D eigenvalue weighted by Gasteiger charge is -2.08. The van der Waals surface area contributed by atoms with Crippen LogP contribution in [-0.2, 0) is 0 Å². The molecule has 0 bridgehead atoms. The van der Waals surface area contributed by atoms with Crippen molar-refractivity contribution in [2.75, 3.05) is 6.54 Å². The summed E-state index contributed by atoms with van der Waals surface area (Å²) in [7, 11) is 0. The highest BCUT2D eigenvalue weighted by Gasteiger charge is 1.99. The highest BCUT2D eigenvalue weighted by atomic mass is 14.9. The van der Waals surface area contributed by atoms with E-state index in [0.29, 0.717) is 12.0 Å². The van der Waals surface area contributed by atoms with Gasteiger partial charge in [0.25, 0.3) is 0 Å². The van der Waals surface area contributed by atoms with Gasteiger partial charge >= 0.3 is 0 Å². The second-order valence-corrected chi connectivity index (χ2v) is 7.56. The molecule has 0 heterocycles. The van der Waals surface area contributed by atoms with Crippen LogP contribution >= 0.6 is 0 Å². The first-order valence-electron chi connectivity index (χ1n) is 9.95. The van der Waals surface area contributed by atoms with Gasteiger partial charge in [0.2, 0.25) is 0 Å². The van der Waals surface area contributed by atoms with E-state index in [-0.39, 0.29) is 0 Å². The second-order valence-electron chi connectivity index (χ2n) is 7.56. The largest absolute Gasteiger partial charge is 0.315 e. The van der Waals surface area contributed by atoms with E-state index < -0.39 is 0 Å². The summed E-state index contributed by atoms with van der Waals surface area (Å²) in [4.78, 5) is 0. The van der Waals surface area contributed by atoms with Gasteiger partial charge in [-0.3, -0.25) is 0 Å². The normalized spacial score (nSPS) is 11.5. The Morgan fingerprint density at radius 3 is 1.50 bits per heavy atom. The van der Waals surface area contributed by atoms with Gasteiger partial charge < -0.3 is 5.32 Å². The Labute approximate surface area is 141 Å². The van der Waals surface area contributed by atoms with Gasteiger partial charge in [-0.1, -0.05) is 97.6 Å². The lowest BCUT2D eigenvalue weighted by atomic mass is 9.98. The van der Waals surface area contributed by atoms with Crippen LogP contribution in [0.4, 0.5) is 0 Å².